The van der Waals surface area contributed by atoms with Gasteiger partial charge in [-0.2, -0.15) is 5.10 Å². The second-order valence-corrected chi connectivity index (χ2v) is 10.1. The van der Waals surface area contributed by atoms with Crippen molar-refractivity contribution in [2.75, 3.05) is 25.0 Å². The molecule has 3 aromatic heterocycles. The molecule has 9 heteroatoms. The summed E-state index contributed by atoms with van der Waals surface area (Å²) < 4.78 is 2.14. The summed E-state index contributed by atoms with van der Waals surface area (Å²) in [7, 11) is 0. The molecule has 0 unspecified atom stereocenters. The molecule has 0 bridgehead atoms. The van der Waals surface area contributed by atoms with E-state index in [0.29, 0.717) is 23.0 Å². The van der Waals surface area contributed by atoms with E-state index in [2.05, 4.69) is 31.1 Å². The molecule has 2 fully saturated rings. The van der Waals surface area contributed by atoms with Gasteiger partial charge in [-0.1, -0.05) is 0 Å². The SMILES string of the molecule is C/C(N)=C(\C)C(=N)C(=O)Nc1cnc2[nH]c(-c3cn(C4CCN(CC5CC5)CC4)nc3C)cc2c1. The van der Waals surface area contributed by atoms with Gasteiger partial charge in [0.05, 0.1) is 29.3 Å². The summed E-state index contributed by atoms with van der Waals surface area (Å²) in [6.07, 6.45) is 8.83. The molecule has 1 aliphatic carbocycles. The smallest absolute Gasteiger partial charge is 0.273 e. The van der Waals surface area contributed by atoms with Gasteiger partial charge in [-0.15, -0.1) is 0 Å². The molecule has 2 aliphatic rings. The number of hydrogen-bond donors (Lipinski definition) is 4. The Kier molecular flexibility index (Phi) is 6.19. The second-order valence-electron chi connectivity index (χ2n) is 10.1. The van der Waals surface area contributed by atoms with Crippen LogP contribution in [0.15, 0.2) is 35.8 Å². The number of allylic oxidation sites excluding steroid dienone is 1. The molecular weight excluding hydrogens is 440 g/mol. The van der Waals surface area contributed by atoms with Crippen LogP contribution in [-0.2, 0) is 4.79 Å². The Morgan fingerprint density at radius 2 is 1.97 bits per heavy atom. The molecule has 0 spiro atoms. The van der Waals surface area contributed by atoms with E-state index in [4.69, 9.17) is 16.2 Å². The molecule has 1 saturated heterocycles. The minimum Gasteiger partial charge on any atom is -0.402 e. The number of amides is 1. The molecule has 0 radical (unpaired) electrons. The van der Waals surface area contributed by atoms with E-state index < -0.39 is 5.91 Å². The van der Waals surface area contributed by atoms with E-state index in [0.717, 1.165) is 59.8 Å². The Balaban J connectivity index is 1.30. The lowest BCUT2D eigenvalue weighted by Crippen LogP contribution is -2.36. The number of carbonyl (C=O) groups is 1. The maximum atomic E-state index is 12.4. The summed E-state index contributed by atoms with van der Waals surface area (Å²) in [5, 5.41) is 16.5. The maximum absolute atomic E-state index is 12.4. The zero-order valence-electron chi connectivity index (χ0n) is 20.7. The van der Waals surface area contributed by atoms with Crippen LogP contribution in [0, 0.1) is 18.3 Å². The molecule has 5 N–H and O–H groups in total. The van der Waals surface area contributed by atoms with Crippen molar-refractivity contribution in [3.63, 3.8) is 0 Å². The first kappa shape index (κ1) is 23.3. The van der Waals surface area contributed by atoms with Crippen LogP contribution in [-0.4, -0.2) is 55.9 Å². The molecule has 184 valence electrons. The fourth-order valence-corrected chi connectivity index (χ4v) is 4.76. The Bertz CT molecular complexity index is 1300. The lowest BCUT2D eigenvalue weighted by atomic mass is 10.0. The fraction of sp³-hybridized carbons (Fsp3) is 0.462. The molecule has 1 saturated carbocycles. The number of fused-ring (bicyclic) bond motifs is 1. The summed E-state index contributed by atoms with van der Waals surface area (Å²) in [5.41, 5.74) is 10.8. The molecule has 0 atom stereocenters. The van der Waals surface area contributed by atoms with E-state index in [-0.39, 0.29) is 5.71 Å². The summed E-state index contributed by atoms with van der Waals surface area (Å²) >= 11 is 0. The van der Waals surface area contributed by atoms with Gasteiger partial charge in [-0.3, -0.25) is 14.9 Å². The molecule has 9 nitrogen and oxygen atoms in total. The minimum atomic E-state index is -0.510. The lowest BCUT2D eigenvalue weighted by molar-refractivity contribution is -0.110. The zero-order chi connectivity index (χ0) is 24.7. The zero-order valence-corrected chi connectivity index (χ0v) is 20.7. The number of nitrogens with zero attached hydrogens (tertiary/aromatic N) is 4. The quantitative estimate of drug-likeness (QED) is 0.385. The number of anilines is 1. The first-order valence-corrected chi connectivity index (χ1v) is 12.4. The molecule has 1 amide bonds. The van der Waals surface area contributed by atoms with E-state index >= 15 is 0 Å². The Labute approximate surface area is 205 Å². The number of carbonyl (C=O) groups excluding carboxylic acids is 1. The minimum absolute atomic E-state index is 0.152. The maximum Gasteiger partial charge on any atom is 0.273 e. The Morgan fingerprint density at radius 3 is 2.66 bits per heavy atom. The number of piperidine rings is 1. The number of H-pyrrole nitrogens is 1. The number of nitrogens with two attached hydrogens (primary N) is 1. The molecular formula is C26H34N8O. The topological polar surface area (TPSA) is 129 Å². The molecule has 1 aliphatic heterocycles. The number of aryl methyl sites for hydroxylation is 1. The highest BCUT2D eigenvalue weighted by Crippen LogP contribution is 2.33. The highest BCUT2D eigenvalue weighted by Gasteiger charge is 2.28. The van der Waals surface area contributed by atoms with Gasteiger partial charge in [0, 0.05) is 42.5 Å². The number of hydrogen-bond acceptors (Lipinski definition) is 6. The van der Waals surface area contributed by atoms with Gasteiger partial charge in [0.1, 0.15) is 11.4 Å². The summed E-state index contributed by atoms with van der Waals surface area (Å²) in [5.74, 6) is 0.433. The molecule has 4 heterocycles. The van der Waals surface area contributed by atoms with Crippen molar-refractivity contribution in [1.29, 1.82) is 5.41 Å². The van der Waals surface area contributed by atoms with Gasteiger partial charge in [-0.25, -0.2) is 4.98 Å². The van der Waals surface area contributed by atoms with Crippen LogP contribution in [0.1, 0.15) is 51.3 Å². The number of likely N-dealkylation sites (tertiary alicyclic amines) is 1. The second kappa shape index (κ2) is 9.30. The van der Waals surface area contributed by atoms with Gasteiger partial charge in [0.15, 0.2) is 0 Å². The summed E-state index contributed by atoms with van der Waals surface area (Å²) in [4.78, 5) is 22.9. The van der Waals surface area contributed by atoms with Crippen LogP contribution in [0.25, 0.3) is 22.3 Å². The largest absolute Gasteiger partial charge is 0.402 e. The molecule has 5 rings (SSSR count). The first-order valence-electron chi connectivity index (χ1n) is 12.4. The average Bonchev–Trinajstić information content (AvgIpc) is 3.42. The third-order valence-electron chi connectivity index (χ3n) is 7.27. The standard InChI is InChI=1S/C26H34N8O/c1-15(16(2)27)24(28)26(35)30-20-10-19-11-23(31-25(19)29-12-20)22-14-34(32-17(22)3)21-6-8-33(9-7-21)13-18-4-5-18/h10-12,14,18,21,28H,4-9,13,27H2,1-3H3,(H,29,31)(H,30,35)/b16-15-,28-24?. The fourth-order valence-electron chi connectivity index (χ4n) is 4.76. The number of rotatable bonds is 7. The normalized spacial score (nSPS) is 18.0. The number of pyridine rings is 1. The van der Waals surface area contributed by atoms with Crippen LogP contribution >= 0.6 is 0 Å². The van der Waals surface area contributed by atoms with E-state index in [1.54, 1.807) is 20.0 Å². The number of nitrogens with one attached hydrogen (secondary N) is 3. The lowest BCUT2D eigenvalue weighted by Gasteiger charge is -2.32. The van der Waals surface area contributed by atoms with Crippen molar-refractivity contribution in [2.24, 2.45) is 11.7 Å². The van der Waals surface area contributed by atoms with E-state index in [9.17, 15) is 4.79 Å². The van der Waals surface area contributed by atoms with Crippen LogP contribution in [0.3, 0.4) is 0 Å². The highest BCUT2D eigenvalue weighted by atomic mass is 16.1. The number of aromatic nitrogens is 4. The predicted octanol–water partition coefficient (Wildman–Crippen LogP) is 3.99. The van der Waals surface area contributed by atoms with Crippen molar-refractivity contribution >= 4 is 28.3 Å². The van der Waals surface area contributed by atoms with Crippen molar-refractivity contribution < 1.29 is 4.79 Å². The van der Waals surface area contributed by atoms with Crippen LogP contribution < -0.4 is 11.1 Å². The van der Waals surface area contributed by atoms with Gasteiger partial charge < -0.3 is 20.9 Å². The number of aromatic amines is 1. The third-order valence-corrected chi connectivity index (χ3v) is 7.27. The average molecular weight is 475 g/mol. The van der Waals surface area contributed by atoms with Crippen molar-refractivity contribution in [2.45, 2.75) is 52.5 Å². The van der Waals surface area contributed by atoms with Crippen LogP contribution in [0.5, 0.6) is 0 Å². The van der Waals surface area contributed by atoms with Gasteiger partial charge in [0.25, 0.3) is 5.91 Å². The van der Waals surface area contributed by atoms with Gasteiger partial charge in [0.2, 0.25) is 0 Å². The van der Waals surface area contributed by atoms with E-state index in [1.807, 2.05) is 19.1 Å². The van der Waals surface area contributed by atoms with Crippen LogP contribution in [0.4, 0.5) is 5.69 Å². The summed E-state index contributed by atoms with van der Waals surface area (Å²) in [6, 6.07) is 4.33. The van der Waals surface area contributed by atoms with Crippen molar-refractivity contribution in [3.8, 4) is 11.3 Å². The summed E-state index contributed by atoms with van der Waals surface area (Å²) in [6.45, 7) is 8.95. The Hall–Kier alpha value is -3.46. The third kappa shape index (κ3) is 5.00. The Morgan fingerprint density at radius 1 is 1.23 bits per heavy atom. The van der Waals surface area contributed by atoms with Crippen molar-refractivity contribution in [1.82, 2.24) is 24.6 Å². The predicted molar refractivity (Wildman–Crippen MR) is 138 cm³/mol. The van der Waals surface area contributed by atoms with Crippen molar-refractivity contribution in [3.05, 3.63) is 41.5 Å². The van der Waals surface area contributed by atoms with E-state index in [1.165, 1.54) is 19.4 Å². The molecule has 35 heavy (non-hydrogen) atoms. The molecule has 3 aromatic rings. The van der Waals surface area contributed by atoms with Gasteiger partial charge in [-0.05, 0) is 70.1 Å². The van der Waals surface area contributed by atoms with Gasteiger partial charge >= 0.3 is 0 Å². The molecule has 0 aromatic carbocycles. The first-order chi connectivity index (χ1) is 16.8. The monoisotopic (exact) mass is 474 g/mol. The highest BCUT2D eigenvalue weighted by molar-refractivity contribution is 6.47. The van der Waals surface area contributed by atoms with Crippen LogP contribution in [0.2, 0.25) is 0 Å².